The highest BCUT2D eigenvalue weighted by Crippen LogP contribution is 2.29. The molecular weight excluding hydrogens is 392 g/mol. The molecule has 0 aliphatic carbocycles. The number of ether oxygens (including phenoxy) is 1. The lowest BCUT2D eigenvalue weighted by Gasteiger charge is -2.36. The number of methoxy groups -OCH3 is 1. The molecule has 4 aromatic rings. The molecular formula is C25H22N2O4. The predicted molar refractivity (Wildman–Crippen MR) is 121 cm³/mol. The van der Waals surface area contributed by atoms with Gasteiger partial charge in [0.05, 0.1) is 12.8 Å². The number of rotatable bonds is 3. The van der Waals surface area contributed by atoms with E-state index in [-0.39, 0.29) is 11.5 Å². The van der Waals surface area contributed by atoms with Crippen LogP contribution in [0.1, 0.15) is 10.4 Å². The van der Waals surface area contributed by atoms with Gasteiger partial charge in [-0.3, -0.25) is 4.79 Å². The molecule has 0 N–H and O–H groups in total. The average molecular weight is 414 g/mol. The van der Waals surface area contributed by atoms with Crippen LogP contribution in [0, 0.1) is 0 Å². The van der Waals surface area contributed by atoms with E-state index in [0.717, 1.165) is 27.6 Å². The van der Waals surface area contributed by atoms with E-state index in [2.05, 4.69) is 4.90 Å². The van der Waals surface area contributed by atoms with Crippen LogP contribution in [0.5, 0.6) is 5.75 Å². The summed E-state index contributed by atoms with van der Waals surface area (Å²) in [6.07, 6.45) is 0. The third-order valence-electron chi connectivity index (χ3n) is 5.87. The van der Waals surface area contributed by atoms with E-state index < -0.39 is 5.63 Å². The lowest BCUT2D eigenvalue weighted by molar-refractivity contribution is 0.0742. The smallest absolute Gasteiger partial charge is 0.349 e. The molecule has 1 fully saturated rings. The summed E-state index contributed by atoms with van der Waals surface area (Å²) < 4.78 is 11.0. The Morgan fingerprint density at radius 1 is 0.903 bits per heavy atom. The van der Waals surface area contributed by atoms with Crippen molar-refractivity contribution < 1.29 is 13.9 Å². The van der Waals surface area contributed by atoms with E-state index in [1.54, 1.807) is 24.1 Å². The molecule has 0 saturated carbocycles. The molecule has 1 aliphatic heterocycles. The van der Waals surface area contributed by atoms with Crippen LogP contribution in [-0.4, -0.2) is 44.1 Å². The van der Waals surface area contributed by atoms with Crippen LogP contribution in [0.3, 0.4) is 0 Å². The van der Waals surface area contributed by atoms with Gasteiger partial charge in [0.1, 0.15) is 16.9 Å². The van der Waals surface area contributed by atoms with Crippen LogP contribution in [0.15, 0.2) is 75.9 Å². The Morgan fingerprint density at radius 3 is 2.45 bits per heavy atom. The standard InChI is InChI=1S/C25H22N2O4/c1-30-23-9-5-4-8-21(23)26-12-14-27(15-13-26)24(28)20-16-19-18-7-3-2-6-17(18)10-11-22(19)31-25(20)29/h2-11,16H,12-15H2,1H3. The normalized spacial score (nSPS) is 14.2. The Bertz CT molecular complexity index is 1340. The first-order valence-corrected chi connectivity index (χ1v) is 10.3. The fraction of sp³-hybridized carbons (Fsp3) is 0.200. The Kier molecular flexibility index (Phi) is 4.82. The quantitative estimate of drug-likeness (QED) is 0.376. The molecule has 2 heterocycles. The van der Waals surface area contributed by atoms with Crippen LogP contribution < -0.4 is 15.3 Å². The zero-order valence-corrected chi connectivity index (χ0v) is 17.2. The predicted octanol–water partition coefficient (Wildman–Crippen LogP) is 3.92. The maximum absolute atomic E-state index is 13.2. The topological polar surface area (TPSA) is 63.0 Å². The van der Waals surface area contributed by atoms with Crippen LogP contribution in [0.2, 0.25) is 0 Å². The van der Waals surface area contributed by atoms with Crippen molar-refractivity contribution >= 4 is 33.3 Å². The first-order valence-electron chi connectivity index (χ1n) is 10.3. The molecule has 1 amide bonds. The van der Waals surface area contributed by atoms with Crippen molar-refractivity contribution in [3.63, 3.8) is 0 Å². The van der Waals surface area contributed by atoms with Gasteiger partial charge in [-0.2, -0.15) is 0 Å². The molecule has 31 heavy (non-hydrogen) atoms. The summed E-state index contributed by atoms with van der Waals surface area (Å²) in [5.41, 5.74) is 0.976. The SMILES string of the molecule is COc1ccccc1N1CCN(C(=O)c2cc3c(ccc4ccccc43)oc2=O)CC1. The van der Waals surface area contributed by atoms with Gasteiger partial charge in [-0.25, -0.2) is 4.79 Å². The zero-order chi connectivity index (χ0) is 21.4. The number of carbonyl (C=O) groups excluding carboxylic acids is 1. The Labute approximate surface area is 179 Å². The summed E-state index contributed by atoms with van der Waals surface area (Å²) in [5.74, 6) is 0.521. The summed E-state index contributed by atoms with van der Waals surface area (Å²) in [6.45, 7) is 2.36. The second kappa shape index (κ2) is 7.80. The fourth-order valence-electron chi connectivity index (χ4n) is 4.23. The third kappa shape index (κ3) is 3.40. The average Bonchev–Trinajstić information content (AvgIpc) is 2.83. The van der Waals surface area contributed by atoms with Crippen molar-refractivity contribution in [1.29, 1.82) is 0 Å². The van der Waals surface area contributed by atoms with Crippen molar-refractivity contribution in [2.24, 2.45) is 0 Å². The highest BCUT2D eigenvalue weighted by molar-refractivity contribution is 6.07. The largest absolute Gasteiger partial charge is 0.495 e. The van der Waals surface area contributed by atoms with E-state index in [1.165, 1.54) is 0 Å². The lowest BCUT2D eigenvalue weighted by Crippen LogP contribution is -2.49. The molecule has 5 rings (SSSR count). The second-order valence-corrected chi connectivity index (χ2v) is 7.60. The second-order valence-electron chi connectivity index (χ2n) is 7.60. The number of amides is 1. The summed E-state index contributed by atoms with van der Waals surface area (Å²) in [7, 11) is 1.65. The van der Waals surface area contributed by atoms with Crippen molar-refractivity contribution in [1.82, 2.24) is 4.90 Å². The number of anilines is 1. The monoisotopic (exact) mass is 414 g/mol. The van der Waals surface area contributed by atoms with Crippen molar-refractivity contribution in [3.05, 3.63) is 82.7 Å². The first kappa shape index (κ1) is 19.2. The Morgan fingerprint density at radius 2 is 1.65 bits per heavy atom. The minimum Gasteiger partial charge on any atom is -0.495 e. The minimum absolute atomic E-state index is 0.0783. The van der Waals surface area contributed by atoms with Gasteiger partial charge in [0, 0.05) is 31.6 Å². The van der Waals surface area contributed by atoms with Gasteiger partial charge in [-0.15, -0.1) is 0 Å². The van der Waals surface area contributed by atoms with E-state index in [9.17, 15) is 9.59 Å². The number of hydrogen-bond donors (Lipinski definition) is 0. The first-order chi connectivity index (χ1) is 15.2. The molecule has 0 radical (unpaired) electrons. The number of benzene rings is 3. The molecule has 6 heteroatoms. The van der Waals surface area contributed by atoms with Gasteiger partial charge in [0.25, 0.3) is 5.91 Å². The Hall–Kier alpha value is -3.80. The number of nitrogens with zero attached hydrogens (tertiary/aromatic N) is 2. The van der Waals surface area contributed by atoms with E-state index in [4.69, 9.17) is 9.15 Å². The molecule has 0 bridgehead atoms. The molecule has 0 unspecified atom stereocenters. The number of hydrogen-bond acceptors (Lipinski definition) is 5. The summed E-state index contributed by atoms with van der Waals surface area (Å²) >= 11 is 0. The number of para-hydroxylation sites is 2. The lowest BCUT2D eigenvalue weighted by atomic mass is 10.0. The van der Waals surface area contributed by atoms with Crippen molar-refractivity contribution in [3.8, 4) is 5.75 Å². The summed E-state index contributed by atoms with van der Waals surface area (Å²) in [6, 6.07) is 21.1. The molecule has 1 saturated heterocycles. The molecule has 0 atom stereocenters. The number of carbonyl (C=O) groups is 1. The molecule has 156 valence electrons. The summed E-state index contributed by atoms with van der Waals surface area (Å²) in [4.78, 5) is 29.7. The van der Waals surface area contributed by atoms with Gasteiger partial charge in [0.15, 0.2) is 0 Å². The van der Waals surface area contributed by atoms with Crippen molar-refractivity contribution in [2.75, 3.05) is 38.2 Å². The third-order valence-corrected chi connectivity index (χ3v) is 5.87. The van der Waals surface area contributed by atoms with Crippen molar-refractivity contribution in [2.45, 2.75) is 0 Å². The zero-order valence-electron chi connectivity index (χ0n) is 17.2. The van der Waals surface area contributed by atoms with Crippen LogP contribution in [0.25, 0.3) is 21.7 Å². The van der Waals surface area contributed by atoms with Gasteiger partial charge < -0.3 is 19.0 Å². The van der Waals surface area contributed by atoms with E-state index >= 15 is 0 Å². The minimum atomic E-state index is -0.597. The van der Waals surface area contributed by atoms with E-state index in [0.29, 0.717) is 31.8 Å². The van der Waals surface area contributed by atoms with Crippen LogP contribution >= 0.6 is 0 Å². The number of fused-ring (bicyclic) bond motifs is 3. The Balaban J connectivity index is 1.42. The maximum atomic E-state index is 13.2. The van der Waals surface area contributed by atoms with Crippen LogP contribution in [-0.2, 0) is 0 Å². The highest BCUT2D eigenvalue weighted by atomic mass is 16.5. The van der Waals surface area contributed by atoms with Gasteiger partial charge in [-0.05, 0) is 35.0 Å². The van der Waals surface area contributed by atoms with Crippen LogP contribution in [0.4, 0.5) is 5.69 Å². The number of piperazine rings is 1. The summed E-state index contributed by atoms with van der Waals surface area (Å²) in [5, 5.41) is 2.76. The highest BCUT2D eigenvalue weighted by Gasteiger charge is 2.26. The molecule has 1 aliphatic rings. The maximum Gasteiger partial charge on any atom is 0.349 e. The molecule has 1 aromatic heterocycles. The fourth-order valence-corrected chi connectivity index (χ4v) is 4.23. The van der Waals surface area contributed by atoms with Gasteiger partial charge in [0.2, 0.25) is 0 Å². The molecule has 3 aromatic carbocycles. The van der Waals surface area contributed by atoms with Gasteiger partial charge in [-0.1, -0.05) is 42.5 Å². The molecule has 0 spiro atoms. The van der Waals surface area contributed by atoms with Gasteiger partial charge >= 0.3 is 5.63 Å². The molecule has 6 nitrogen and oxygen atoms in total. The van der Waals surface area contributed by atoms with E-state index in [1.807, 2.05) is 54.6 Å².